The maximum atomic E-state index is 11.2. The molecule has 5 heteroatoms. The minimum absolute atomic E-state index is 0.180. The quantitative estimate of drug-likeness (QED) is 0.599. The number of nitrogens with zero attached hydrogens (tertiary/aromatic N) is 3. The summed E-state index contributed by atoms with van der Waals surface area (Å²) in [6, 6.07) is 5.74. The summed E-state index contributed by atoms with van der Waals surface area (Å²) in [5, 5.41) is 11.2. The van der Waals surface area contributed by atoms with Crippen LogP contribution in [0.3, 0.4) is 0 Å². The largest absolute Gasteiger partial charge is 0.304 e. The Labute approximate surface area is 133 Å². The van der Waals surface area contributed by atoms with Crippen molar-refractivity contribution in [3.05, 3.63) is 39.4 Å². The SMILES string of the molecule is CC(C)c1ccc(CCCN2CCN(C)CC2)cc1[N+](=O)[O-]. The maximum absolute atomic E-state index is 11.2. The summed E-state index contributed by atoms with van der Waals surface area (Å²) in [5.74, 6) is 0.180. The molecule has 0 atom stereocenters. The predicted molar refractivity (Wildman–Crippen MR) is 89.4 cm³/mol. The van der Waals surface area contributed by atoms with E-state index >= 15 is 0 Å². The topological polar surface area (TPSA) is 49.6 Å². The van der Waals surface area contributed by atoms with E-state index in [1.165, 1.54) is 0 Å². The molecule has 0 unspecified atom stereocenters. The molecule has 122 valence electrons. The zero-order valence-electron chi connectivity index (χ0n) is 13.9. The van der Waals surface area contributed by atoms with Crippen molar-refractivity contribution in [2.45, 2.75) is 32.6 Å². The molecule has 0 amide bonds. The van der Waals surface area contributed by atoms with Crippen molar-refractivity contribution >= 4 is 5.69 Å². The van der Waals surface area contributed by atoms with Gasteiger partial charge in [-0.25, -0.2) is 0 Å². The molecule has 0 saturated carbocycles. The Bertz CT molecular complexity index is 509. The van der Waals surface area contributed by atoms with E-state index in [1.807, 2.05) is 26.0 Å². The number of nitro groups is 1. The number of likely N-dealkylation sites (N-methyl/N-ethyl adjacent to an activating group) is 1. The van der Waals surface area contributed by atoms with E-state index in [9.17, 15) is 10.1 Å². The van der Waals surface area contributed by atoms with Crippen LogP contribution in [0.2, 0.25) is 0 Å². The first-order chi connectivity index (χ1) is 10.5. The molecule has 1 aromatic carbocycles. The van der Waals surface area contributed by atoms with E-state index in [-0.39, 0.29) is 16.5 Å². The highest BCUT2D eigenvalue weighted by molar-refractivity contribution is 5.45. The molecule has 2 rings (SSSR count). The van der Waals surface area contributed by atoms with Gasteiger partial charge < -0.3 is 9.80 Å². The summed E-state index contributed by atoms with van der Waals surface area (Å²) in [5.41, 5.74) is 2.17. The van der Waals surface area contributed by atoms with E-state index in [4.69, 9.17) is 0 Å². The zero-order chi connectivity index (χ0) is 16.1. The Morgan fingerprint density at radius 2 is 1.91 bits per heavy atom. The van der Waals surface area contributed by atoms with Gasteiger partial charge >= 0.3 is 0 Å². The monoisotopic (exact) mass is 305 g/mol. The first-order valence-electron chi connectivity index (χ1n) is 8.15. The molecule has 0 spiro atoms. The average Bonchev–Trinajstić information content (AvgIpc) is 2.49. The molecular weight excluding hydrogens is 278 g/mol. The second-order valence-electron chi connectivity index (χ2n) is 6.55. The minimum Gasteiger partial charge on any atom is -0.304 e. The lowest BCUT2D eigenvalue weighted by Gasteiger charge is -2.32. The third-order valence-corrected chi connectivity index (χ3v) is 4.45. The van der Waals surface area contributed by atoms with Gasteiger partial charge in [0.25, 0.3) is 5.69 Å². The molecule has 22 heavy (non-hydrogen) atoms. The first kappa shape index (κ1) is 16.9. The lowest BCUT2D eigenvalue weighted by molar-refractivity contribution is -0.385. The van der Waals surface area contributed by atoms with Gasteiger partial charge in [0.15, 0.2) is 0 Å². The Balaban J connectivity index is 1.90. The summed E-state index contributed by atoms with van der Waals surface area (Å²) < 4.78 is 0. The molecule has 0 bridgehead atoms. The Morgan fingerprint density at radius 1 is 1.23 bits per heavy atom. The molecular formula is C17H27N3O2. The number of aryl methyl sites for hydroxylation is 1. The summed E-state index contributed by atoms with van der Waals surface area (Å²) >= 11 is 0. The van der Waals surface area contributed by atoms with Crippen LogP contribution in [-0.4, -0.2) is 54.5 Å². The third-order valence-electron chi connectivity index (χ3n) is 4.45. The smallest absolute Gasteiger partial charge is 0.273 e. The van der Waals surface area contributed by atoms with Crippen molar-refractivity contribution in [3.8, 4) is 0 Å². The Kier molecular flexibility index (Phi) is 5.91. The van der Waals surface area contributed by atoms with Crippen LogP contribution in [0, 0.1) is 10.1 Å². The van der Waals surface area contributed by atoms with E-state index in [2.05, 4.69) is 16.8 Å². The number of rotatable bonds is 6. The Morgan fingerprint density at radius 3 is 2.50 bits per heavy atom. The minimum atomic E-state index is -0.251. The van der Waals surface area contributed by atoms with Crippen LogP contribution in [0.15, 0.2) is 18.2 Å². The van der Waals surface area contributed by atoms with Crippen LogP contribution in [0.5, 0.6) is 0 Å². The molecule has 1 aliphatic rings. The van der Waals surface area contributed by atoms with Crippen LogP contribution in [0.4, 0.5) is 5.69 Å². The second kappa shape index (κ2) is 7.70. The van der Waals surface area contributed by atoms with Gasteiger partial charge in [-0.3, -0.25) is 10.1 Å². The van der Waals surface area contributed by atoms with Crippen LogP contribution in [0.25, 0.3) is 0 Å². The second-order valence-corrected chi connectivity index (χ2v) is 6.55. The number of hydrogen-bond acceptors (Lipinski definition) is 4. The van der Waals surface area contributed by atoms with Crippen molar-refractivity contribution in [2.24, 2.45) is 0 Å². The van der Waals surface area contributed by atoms with Crippen molar-refractivity contribution in [3.63, 3.8) is 0 Å². The molecule has 1 heterocycles. The van der Waals surface area contributed by atoms with Crippen molar-refractivity contribution < 1.29 is 4.92 Å². The van der Waals surface area contributed by atoms with Crippen LogP contribution >= 0.6 is 0 Å². The standard InChI is InChI=1S/C17H27N3O2/c1-14(2)16-7-6-15(13-17(16)20(21)22)5-4-8-19-11-9-18(3)10-12-19/h6-7,13-14H,4-5,8-12H2,1-3H3. The van der Waals surface area contributed by atoms with Gasteiger partial charge in [-0.05, 0) is 37.9 Å². The fraction of sp³-hybridized carbons (Fsp3) is 0.647. The van der Waals surface area contributed by atoms with Gasteiger partial charge in [0.2, 0.25) is 0 Å². The van der Waals surface area contributed by atoms with Crippen molar-refractivity contribution in [1.29, 1.82) is 0 Å². The molecule has 0 aromatic heterocycles. The van der Waals surface area contributed by atoms with Gasteiger partial charge in [0.1, 0.15) is 0 Å². The van der Waals surface area contributed by atoms with Gasteiger partial charge in [-0.1, -0.05) is 26.0 Å². The maximum Gasteiger partial charge on any atom is 0.273 e. The fourth-order valence-corrected chi connectivity index (χ4v) is 2.97. The lowest BCUT2D eigenvalue weighted by atomic mass is 9.98. The van der Waals surface area contributed by atoms with E-state index in [1.54, 1.807) is 6.07 Å². The third kappa shape index (κ3) is 4.52. The highest BCUT2D eigenvalue weighted by Gasteiger charge is 2.17. The van der Waals surface area contributed by atoms with E-state index in [0.717, 1.165) is 56.7 Å². The average molecular weight is 305 g/mol. The van der Waals surface area contributed by atoms with Crippen molar-refractivity contribution in [1.82, 2.24) is 9.80 Å². The zero-order valence-corrected chi connectivity index (χ0v) is 13.9. The number of hydrogen-bond donors (Lipinski definition) is 0. The van der Waals surface area contributed by atoms with Crippen molar-refractivity contribution in [2.75, 3.05) is 39.8 Å². The predicted octanol–water partition coefficient (Wildman–Crippen LogP) is 2.90. The van der Waals surface area contributed by atoms with Crippen LogP contribution in [-0.2, 0) is 6.42 Å². The van der Waals surface area contributed by atoms with E-state index < -0.39 is 0 Å². The molecule has 0 aliphatic carbocycles. The van der Waals surface area contributed by atoms with Crippen LogP contribution < -0.4 is 0 Å². The number of benzene rings is 1. The normalized spacial score (nSPS) is 17.1. The van der Waals surface area contributed by atoms with Gasteiger partial charge in [-0.2, -0.15) is 0 Å². The first-order valence-corrected chi connectivity index (χ1v) is 8.15. The Hall–Kier alpha value is -1.46. The molecule has 1 saturated heterocycles. The van der Waals surface area contributed by atoms with Crippen LogP contribution in [0.1, 0.15) is 37.3 Å². The number of nitro benzene ring substituents is 1. The molecule has 5 nitrogen and oxygen atoms in total. The molecule has 0 radical (unpaired) electrons. The molecule has 1 aliphatic heterocycles. The summed E-state index contributed by atoms with van der Waals surface area (Å²) in [7, 11) is 2.16. The summed E-state index contributed by atoms with van der Waals surface area (Å²) in [6.07, 6.45) is 1.97. The van der Waals surface area contributed by atoms with Gasteiger partial charge in [0, 0.05) is 37.8 Å². The highest BCUT2D eigenvalue weighted by atomic mass is 16.6. The van der Waals surface area contributed by atoms with Gasteiger partial charge in [0.05, 0.1) is 4.92 Å². The van der Waals surface area contributed by atoms with Gasteiger partial charge in [-0.15, -0.1) is 0 Å². The highest BCUT2D eigenvalue weighted by Crippen LogP contribution is 2.27. The summed E-state index contributed by atoms with van der Waals surface area (Å²) in [6.45, 7) is 9.59. The fourth-order valence-electron chi connectivity index (χ4n) is 2.97. The molecule has 1 aromatic rings. The molecule has 0 N–H and O–H groups in total. The lowest BCUT2D eigenvalue weighted by Crippen LogP contribution is -2.44. The van der Waals surface area contributed by atoms with E-state index in [0.29, 0.717) is 0 Å². The molecule has 1 fully saturated rings. The number of piperazine rings is 1. The summed E-state index contributed by atoms with van der Waals surface area (Å²) in [4.78, 5) is 15.8.